The molecule has 3 rings (SSSR count). The molecule has 0 unspecified atom stereocenters. The van der Waals surface area contributed by atoms with E-state index in [0.717, 1.165) is 25.9 Å². The molecule has 0 bridgehead atoms. The number of aryl methyl sites for hydroxylation is 1. The highest BCUT2D eigenvalue weighted by molar-refractivity contribution is 5.41. The van der Waals surface area contributed by atoms with Gasteiger partial charge in [0.1, 0.15) is 0 Å². The number of fused-ring (bicyclic) bond motifs is 1. The van der Waals surface area contributed by atoms with Crippen LogP contribution < -0.4 is 5.32 Å². The summed E-state index contributed by atoms with van der Waals surface area (Å²) in [4.78, 5) is 0. The normalized spacial score (nSPS) is 15.0. The van der Waals surface area contributed by atoms with Crippen molar-refractivity contribution in [1.29, 1.82) is 0 Å². The summed E-state index contributed by atoms with van der Waals surface area (Å²) in [6, 6.07) is 8.87. The maximum Gasteiger partial charge on any atom is 0.0674 e. The average molecular weight is 283 g/mol. The molecule has 0 saturated heterocycles. The number of rotatable bonds is 2. The molecule has 1 aliphatic heterocycles. The molecule has 1 aromatic carbocycles. The Morgan fingerprint density at radius 3 is 2.52 bits per heavy atom. The lowest BCUT2D eigenvalue weighted by molar-refractivity contribution is 0.589. The quantitative estimate of drug-likeness (QED) is 0.915. The molecule has 21 heavy (non-hydrogen) atoms. The summed E-state index contributed by atoms with van der Waals surface area (Å²) >= 11 is 0. The van der Waals surface area contributed by atoms with E-state index in [1.165, 1.54) is 28.2 Å². The van der Waals surface area contributed by atoms with E-state index in [2.05, 4.69) is 62.0 Å². The summed E-state index contributed by atoms with van der Waals surface area (Å²) in [5.74, 6) is 0. The number of hydrogen-bond donors (Lipinski definition) is 1. The minimum absolute atomic E-state index is 0.195. The summed E-state index contributed by atoms with van der Waals surface area (Å²) in [5.41, 5.74) is 6.76. The van der Waals surface area contributed by atoms with Gasteiger partial charge in [0.05, 0.1) is 17.1 Å². The van der Waals surface area contributed by atoms with E-state index in [4.69, 9.17) is 5.10 Å². The molecule has 3 nitrogen and oxygen atoms in total. The first-order chi connectivity index (χ1) is 10.0. The van der Waals surface area contributed by atoms with Crippen LogP contribution in [0.4, 0.5) is 0 Å². The van der Waals surface area contributed by atoms with Crippen molar-refractivity contribution >= 4 is 0 Å². The maximum absolute atomic E-state index is 4.85. The first-order valence-corrected chi connectivity index (χ1v) is 7.92. The van der Waals surface area contributed by atoms with E-state index < -0.39 is 0 Å². The highest BCUT2D eigenvalue weighted by Crippen LogP contribution is 2.26. The largest absolute Gasteiger partial charge is 0.312 e. The van der Waals surface area contributed by atoms with Crippen molar-refractivity contribution in [3.05, 3.63) is 46.8 Å². The Bertz CT molecular complexity index is 630. The Morgan fingerprint density at radius 2 is 1.90 bits per heavy atom. The van der Waals surface area contributed by atoms with Crippen LogP contribution in [0.2, 0.25) is 0 Å². The fourth-order valence-corrected chi connectivity index (χ4v) is 3.02. The summed E-state index contributed by atoms with van der Waals surface area (Å²) < 4.78 is 2.15. The first-order valence-electron chi connectivity index (χ1n) is 7.92. The van der Waals surface area contributed by atoms with Crippen molar-refractivity contribution in [1.82, 2.24) is 15.1 Å². The van der Waals surface area contributed by atoms with E-state index >= 15 is 0 Å². The number of hydrogen-bond acceptors (Lipinski definition) is 2. The van der Waals surface area contributed by atoms with Crippen LogP contribution in [-0.2, 0) is 24.8 Å². The highest BCUT2D eigenvalue weighted by Gasteiger charge is 2.20. The van der Waals surface area contributed by atoms with Gasteiger partial charge in [0.25, 0.3) is 0 Å². The number of aromatic nitrogens is 2. The first kappa shape index (κ1) is 14.3. The van der Waals surface area contributed by atoms with Crippen LogP contribution in [0, 0.1) is 0 Å². The van der Waals surface area contributed by atoms with Crippen LogP contribution >= 0.6 is 0 Å². The zero-order valence-corrected chi connectivity index (χ0v) is 13.5. The number of nitrogens with one attached hydrogen (secondary N) is 1. The van der Waals surface area contributed by atoms with E-state index in [-0.39, 0.29) is 5.41 Å². The van der Waals surface area contributed by atoms with Crippen LogP contribution in [0.15, 0.2) is 24.3 Å². The topological polar surface area (TPSA) is 29.9 Å². The smallest absolute Gasteiger partial charge is 0.0674 e. The predicted octanol–water partition coefficient (Wildman–Crippen LogP) is 3.38. The average Bonchev–Trinajstić information content (AvgIpc) is 2.85. The molecule has 0 atom stereocenters. The van der Waals surface area contributed by atoms with Gasteiger partial charge in [-0.3, -0.25) is 0 Å². The molecule has 0 fully saturated rings. The molecule has 0 saturated carbocycles. The Morgan fingerprint density at radius 1 is 1.19 bits per heavy atom. The molecule has 0 radical (unpaired) electrons. The van der Waals surface area contributed by atoms with Crippen molar-refractivity contribution in [3.63, 3.8) is 0 Å². The van der Waals surface area contributed by atoms with E-state index in [9.17, 15) is 0 Å². The molecular formula is C18H25N3. The summed E-state index contributed by atoms with van der Waals surface area (Å²) in [7, 11) is 0. The van der Waals surface area contributed by atoms with Gasteiger partial charge in [0.2, 0.25) is 0 Å². The van der Waals surface area contributed by atoms with Gasteiger partial charge in [-0.15, -0.1) is 0 Å². The van der Waals surface area contributed by atoms with Crippen molar-refractivity contribution in [2.24, 2.45) is 0 Å². The zero-order chi connectivity index (χ0) is 15.0. The van der Waals surface area contributed by atoms with Gasteiger partial charge in [-0.2, -0.15) is 5.10 Å². The molecule has 1 N–H and O–H groups in total. The second-order valence-corrected chi connectivity index (χ2v) is 6.86. The van der Waals surface area contributed by atoms with Crippen molar-refractivity contribution in [3.8, 4) is 5.69 Å². The Balaban J connectivity index is 2.02. The van der Waals surface area contributed by atoms with Gasteiger partial charge in [-0.1, -0.05) is 39.8 Å². The van der Waals surface area contributed by atoms with Gasteiger partial charge in [-0.25, -0.2) is 4.68 Å². The molecule has 3 heteroatoms. The molecule has 0 amide bonds. The van der Waals surface area contributed by atoms with Crippen molar-refractivity contribution in [2.75, 3.05) is 6.54 Å². The van der Waals surface area contributed by atoms with Gasteiger partial charge in [-0.05, 0) is 29.5 Å². The molecule has 0 spiro atoms. The van der Waals surface area contributed by atoms with E-state index in [1.807, 2.05) is 0 Å². The summed E-state index contributed by atoms with van der Waals surface area (Å²) in [6.07, 6.45) is 2.06. The lowest BCUT2D eigenvalue weighted by atomic mass is 9.87. The Kier molecular flexibility index (Phi) is 3.62. The Labute approximate surface area is 127 Å². The summed E-state index contributed by atoms with van der Waals surface area (Å²) in [5, 5.41) is 8.31. The third-order valence-electron chi connectivity index (χ3n) is 4.33. The molecule has 2 heterocycles. The predicted molar refractivity (Wildman–Crippen MR) is 87.1 cm³/mol. The van der Waals surface area contributed by atoms with Crippen LogP contribution in [0.1, 0.15) is 50.2 Å². The molecule has 0 aliphatic carbocycles. The fraction of sp³-hybridized carbons (Fsp3) is 0.500. The summed E-state index contributed by atoms with van der Waals surface area (Å²) in [6.45, 7) is 10.9. The van der Waals surface area contributed by atoms with Crippen LogP contribution in [0.25, 0.3) is 5.69 Å². The maximum atomic E-state index is 4.85. The monoisotopic (exact) mass is 283 g/mol. The highest BCUT2D eigenvalue weighted by atomic mass is 15.3. The van der Waals surface area contributed by atoms with Gasteiger partial charge in [0.15, 0.2) is 0 Å². The Hall–Kier alpha value is -1.61. The lowest BCUT2D eigenvalue weighted by Gasteiger charge is -2.20. The van der Waals surface area contributed by atoms with Crippen molar-refractivity contribution < 1.29 is 0 Å². The number of benzene rings is 1. The second kappa shape index (κ2) is 5.30. The third kappa shape index (κ3) is 2.62. The lowest BCUT2D eigenvalue weighted by Crippen LogP contribution is -2.25. The number of nitrogens with zero attached hydrogens (tertiary/aromatic N) is 2. The molecule has 1 aliphatic rings. The molecule has 112 valence electrons. The molecule has 2 aromatic rings. The van der Waals surface area contributed by atoms with Gasteiger partial charge < -0.3 is 5.32 Å². The van der Waals surface area contributed by atoms with Crippen LogP contribution in [0.3, 0.4) is 0 Å². The standard InChI is InChI=1S/C18H25N3/c1-5-16-15-12-19-11-10-17(15)21(20-16)14-8-6-13(7-9-14)18(2,3)4/h6-9,19H,5,10-12H2,1-4H3. The van der Waals surface area contributed by atoms with Crippen molar-refractivity contribution in [2.45, 2.75) is 52.5 Å². The fourth-order valence-electron chi connectivity index (χ4n) is 3.02. The van der Waals surface area contributed by atoms with E-state index in [1.54, 1.807) is 0 Å². The second-order valence-electron chi connectivity index (χ2n) is 6.86. The third-order valence-corrected chi connectivity index (χ3v) is 4.33. The molecule has 1 aromatic heterocycles. The van der Waals surface area contributed by atoms with Crippen LogP contribution in [0.5, 0.6) is 0 Å². The zero-order valence-electron chi connectivity index (χ0n) is 13.5. The van der Waals surface area contributed by atoms with Crippen LogP contribution in [-0.4, -0.2) is 16.3 Å². The SMILES string of the molecule is CCc1nn(-c2ccc(C(C)(C)C)cc2)c2c1CNCC2. The van der Waals surface area contributed by atoms with Gasteiger partial charge in [0, 0.05) is 25.1 Å². The van der Waals surface area contributed by atoms with Gasteiger partial charge >= 0.3 is 0 Å². The van der Waals surface area contributed by atoms with E-state index in [0.29, 0.717) is 0 Å². The molecular weight excluding hydrogens is 258 g/mol. The minimum atomic E-state index is 0.195. The minimum Gasteiger partial charge on any atom is -0.312 e.